The van der Waals surface area contributed by atoms with Crippen LogP contribution in [-0.2, 0) is 14.3 Å². The molecule has 0 aliphatic heterocycles. The summed E-state index contributed by atoms with van der Waals surface area (Å²) in [6, 6.07) is 0. The fourth-order valence-electron chi connectivity index (χ4n) is 0.566. The minimum atomic E-state index is -0.423. The molecule has 11 heavy (non-hydrogen) atoms. The fraction of sp³-hybridized carbons (Fsp3) is 0.714. The van der Waals surface area contributed by atoms with E-state index in [9.17, 15) is 9.59 Å². The van der Waals surface area contributed by atoms with Gasteiger partial charge in [-0.1, -0.05) is 0 Å². The summed E-state index contributed by atoms with van der Waals surface area (Å²) in [7, 11) is 0. The highest BCUT2D eigenvalue weighted by atomic mass is 16.5. The van der Waals surface area contributed by atoms with Crippen molar-refractivity contribution in [1.29, 1.82) is 0 Å². The van der Waals surface area contributed by atoms with Crippen LogP contribution in [0.1, 0.15) is 19.8 Å². The van der Waals surface area contributed by atoms with Gasteiger partial charge in [-0.3, -0.25) is 4.79 Å². The highest BCUT2D eigenvalue weighted by Gasteiger charge is 1.98. The highest BCUT2D eigenvalue weighted by molar-refractivity contribution is 5.75. The molecule has 0 rings (SSSR count). The van der Waals surface area contributed by atoms with Crippen molar-refractivity contribution in [2.75, 3.05) is 13.2 Å². The Kier molecular flexibility index (Phi) is 5.37. The van der Waals surface area contributed by atoms with Crippen LogP contribution in [0.15, 0.2) is 0 Å². The first kappa shape index (κ1) is 10.1. The van der Waals surface area contributed by atoms with Gasteiger partial charge in [0.25, 0.3) is 0 Å². The van der Waals surface area contributed by atoms with Crippen molar-refractivity contribution in [2.45, 2.75) is 19.8 Å². The Balaban J connectivity index is 3.14. The van der Waals surface area contributed by atoms with Crippen LogP contribution in [0, 0.1) is 0 Å². The molecule has 0 fully saturated rings. The average Bonchev–Trinajstić information content (AvgIpc) is 1.97. The van der Waals surface area contributed by atoms with E-state index in [-0.39, 0.29) is 18.9 Å². The van der Waals surface area contributed by atoms with Gasteiger partial charge in [0, 0.05) is 6.42 Å². The zero-order chi connectivity index (χ0) is 8.69. The van der Waals surface area contributed by atoms with Gasteiger partial charge in [0.1, 0.15) is 5.78 Å². The topological polar surface area (TPSA) is 69.4 Å². The molecule has 0 aromatic heterocycles. The summed E-state index contributed by atoms with van der Waals surface area (Å²) in [5, 5.41) is 0. The summed E-state index contributed by atoms with van der Waals surface area (Å²) >= 11 is 0. The molecule has 0 saturated heterocycles. The van der Waals surface area contributed by atoms with Crippen LogP contribution in [0.4, 0.5) is 0 Å². The van der Waals surface area contributed by atoms with E-state index in [2.05, 4.69) is 4.74 Å². The molecule has 0 bridgehead atoms. The number of hydrogen-bond acceptors (Lipinski definition) is 4. The summed E-state index contributed by atoms with van der Waals surface area (Å²) in [5.41, 5.74) is 4.97. The van der Waals surface area contributed by atoms with Crippen LogP contribution in [0.2, 0.25) is 0 Å². The van der Waals surface area contributed by atoms with E-state index in [1.165, 1.54) is 6.92 Å². The van der Waals surface area contributed by atoms with Gasteiger partial charge in [0.05, 0.1) is 13.2 Å². The first-order valence-corrected chi connectivity index (χ1v) is 3.52. The Morgan fingerprint density at radius 1 is 1.45 bits per heavy atom. The summed E-state index contributed by atoms with van der Waals surface area (Å²) in [4.78, 5) is 20.8. The fourth-order valence-corrected chi connectivity index (χ4v) is 0.566. The molecule has 2 N–H and O–H groups in total. The molecule has 0 aromatic carbocycles. The Hall–Kier alpha value is -0.900. The minimum Gasteiger partial charge on any atom is -0.465 e. The van der Waals surface area contributed by atoms with Gasteiger partial charge >= 0.3 is 5.97 Å². The number of esters is 1. The second kappa shape index (κ2) is 5.85. The molecule has 0 radical (unpaired) electrons. The largest absolute Gasteiger partial charge is 0.465 e. The van der Waals surface area contributed by atoms with Gasteiger partial charge in [-0.15, -0.1) is 0 Å². The summed E-state index contributed by atoms with van der Waals surface area (Å²) in [5.74, 6) is -0.317. The van der Waals surface area contributed by atoms with Crippen molar-refractivity contribution >= 4 is 11.8 Å². The van der Waals surface area contributed by atoms with E-state index in [0.29, 0.717) is 12.8 Å². The highest BCUT2D eigenvalue weighted by Crippen LogP contribution is 1.90. The Labute approximate surface area is 65.7 Å². The third kappa shape index (κ3) is 6.99. The van der Waals surface area contributed by atoms with Crippen molar-refractivity contribution < 1.29 is 14.3 Å². The molecule has 0 saturated carbocycles. The molecule has 0 atom stereocenters. The maximum absolute atomic E-state index is 10.4. The molecule has 0 aliphatic rings. The molecule has 0 spiro atoms. The number of rotatable bonds is 5. The van der Waals surface area contributed by atoms with Gasteiger partial charge < -0.3 is 15.3 Å². The van der Waals surface area contributed by atoms with Crippen LogP contribution < -0.4 is 5.73 Å². The van der Waals surface area contributed by atoms with E-state index in [1.54, 1.807) is 0 Å². The van der Waals surface area contributed by atoms with Crippen LogP contribution >= 0.6 is 0 Å². The van der Waals surface area contributed by atoms with Gasteiger partial charge in [-0.05, 0) is 13.3 Å². The molecule has 0 unspecified atom stereocenters. The van der Waals surface area contributed by atoms with Crippen molar-refractivity contribution in [3.8, 4) is 0 Å². The predicted octanol–water partition coefficient (Wildman–Crippen LogP) is -0.142. The van der Waals surface area contributed by atoms with Crippen molar-refractivity contribution in [1.82, 2.24) is 0 Å². The standard InChI is InChI=1S/C7H13NO3/c1-6(9)3-2-4-11-7(10)5-8/h2-5,8H2,1H3. The van der Waals surface area contributed by atoms with Crippen molar-refractivity contribution in [3.63, 3.8) is 0 Å². The second-order valence-corrected chi connectivity index (χ2v) is 2.23. The van der Waals surface area contributed by atoms with Crippen LogP contribution in [0.5, 0.6) is 0 Å². The Morgan fingerprint density at radius 3 is 2.55 bits per heavy atom. The second-order valence-electron chi connectivity index (χ2n) is 2.23. The number of Topliss-reactive ketones (excluding diaryl/α,β-unsaturated/α-hetero) is 1. The summed E-state index contributed by atoms with van der Waals surface area (Å²) in [6.45, 7) is 1.69. The number of ketones is 1. The Morgan fingerprint density at radius 2 is 2.09 bits per heavy atom. The van der Waals surface area contributed by atoms with E-state index >= 15 is 0 Å². The van der Waals surface area contributed by atoms with Gasteiger partial charge in [-0.2, -0.15) is 0 Å². The third-order valence-electron chi connectivity index (χ3n) is 1.10. The average molecular weight is 159 g/mol. The van der Waals surface area contributed by atoms with Gasteiger partial charge in [0.15, 0.2) is 0 Å². The van der Waals surface area contributed by atoms with Gasteiger partial charge in [0.2, 0.25) is 0 Å². The molecule has 0 amide bonds. The van der Waals surface area contributed by atoms with E-state index < -0.39 is 5.97 Å². The predicted molar refractivity (Wildman–Crippen MR) is 39.9 cm³/mol. The van der Waals surface area contributed by atoms with Crippen LogP contribution in [0.3, 0.4) is 0 Å². The maximum Gasteiger partial charge on any atom is 0.319 e. The lowest BCUT2D eigenvalue weighted by Gasteiger charge is -2.00. The minimum absolute atomic E-state index is 0.0972. The van der Waals surface area contributed by atoms with E-state index in [1.807, 2.05) is 0 Å². The quantitative estimate of drug-likeness (QED) is 0.447. The van der Waals surface area contributed by atoms with Crippen molar-refractivity contribution in [2.24, 2.45) is 5.73 Å². The first-order chi connectivity index (χ1) is 5.16. The lowest BCUT2D eigenvalue weighted by molar-refractivity contribution is -0.142. The molecule has 4 heteroatoms. The monoisotopic (exact) mass is 159 g/mol. The molecule has 0 aromatic rings. The molecule has 0 heterocycles. The molecule has 0 aliphatic carbocycles. The van der Waals surface area contributed by atoms with Crippen LogP contribution in [0.25, 0.3) is 0 Å². The molecule has 64 valence electrons. The normalized spacial score (nSPS) is 9.27. The SMILES string of the molecule is CC(=O)CCCOC(=O)CN. The Bertz CT molecular complexity index is 145. The summed E-state index contributed by atoms with van der Waals surface area (Å²) < 4.78 is 4.63. The summed E-state index contributed by atoms with van der Waals surface area (Å²) in [6.07, 6.45) is 1.04. The van der Waals surface area contributed by atoms with Crippen LogP contribution in [-0.4, -0.2) is 24.9 Å². The lowest BCUT2D eigenvalue weighted by atomic mass is 10.2. The zero-order valence-corrected chi connectivity index (χ0v) is 6.63. The smallest absolute Gasteiger partial charge is 0.319 e. The van der Waals surface area contributed by atoms with Crippen molar-refractivity contribution in [3.05, 3.63) is 0 Å². The number of ether oxygens (including phenoxy) is 1. The molecule has 4 nitrogen and oxygen atoms in total. The lowest BCUT2D eigenvalue weighted by Crippen LogP contribution is -2.17. The first-order valence-electron chi connectivity index (χ1n) is 3.52. The number of hydrogen-bond donors (Lipinski definition) is 1. The number of carbonyl (C=O) groups excluding carboxylic acids is 2. The zero-order valence-electron chi connectivity index (χ0n) is 6.63. The number of carbonyl (C=O) groups is 2. The van der Waals surface area contributed by atoms with Gasteiger partial charge in [-0.25, -0.2) is 0 Å². The third-order valence-corrected chi connectivity index (χ3v) is 1.10. The van der Waals surface area contributed by atoms with E-state index in [0.717, 1.165) is 0 Å². The maximum atomic E-state index is 10.4. The molecular weight excluding hydrogens is 146 g/mol. The van der Waals surface area contributed by atoms with E-state index in [4.69, 9.17) is 5.73 Å². The molecular formula is C7H13NO3. The number of nitrogens with two attached hydrogens (primary N) is 1.